The number of fused-ring (bicyclic) bond motifs is 1. The summed E-state index contributed by atoms with van der Waals surface area (Å²) in [5.74, 6) is 0.498. The Hall–Kier alpha value is -2.58. The van der Waals surface area contributed by atoms with E-state index < -0.39 is 0 Å². The molecule has 0 aliphatic heterocycles. The van der Waals surface area contributed by atoms with E-state index in [4.69, 9.17) is 10.7 Å². The number of anilines is 1. The van der Waals surface area contributed by atoms with Crippen LogP contribution in [0.1, 0.15) is 26.0 Å². The summed E-state index contributed by atoms with van der Waals surface area (Å²) in [4.78, 5) is 13.2. The van der Waals surface area contributed by atoms with Crippen LogP contribution in [0.2, 0.25) is 0 Å². The number of hydrogen-bond acceptors (Lipinski definition) is 4. The molecule has 1 aliphatic carbocycles. The van der Waals surface area contributed by atoms with Gasteiger partial charge in [0, 0.05) is 22.6 Å². The zero-order valence-electron chi connectivity index (χ0n) is 14.9. The van der Waals surface area contributed by atoms with Gasteiger partial charge in [-0.05, 0) is 48.0 Å². The molecule has 0 saturated carbocycles. The van der Waals surface area contributed by atoms with Gasteiger partial charge in [-0.25, -0.2) is 9.97 Å². The van der Waals surface area contributed by atoms with Gasteiger partial charge in [0.1, 0.15) is 12.1 Å². The fourth-order valence-corrected chi connectivity index (χ4v) is 3.81. The van der Waals surface area contributed by atoms with Crippen LogP contribution in [0.15, 0.2) is 65.9 Å². The zero-order valence-corrected chi connectivity index (χ0v) is 16.1. The van der Waals surface area contributed by atoms with E-state index in [9.17, 15) is 0 Å². The van der Waals surface area contributed by atoms with Gasteiger partial charge >= 0.3 is 0 Å². The summed E-state index contributed by atoms with van der Waals surface area (Å²) in [5.41, 5.74) is 11.3. The summed E-state index contributed by atoms with van der Waals surface area (Å²) in [5, 5.41) is 2.13. The highest BCUT2D eigenvalue weighted by atomic mass is 31.0. The summed E-state index contributed by atoms with van der Waals surface area (Å²) in [6, 6.07) is 10.2. The highest BCUT2D eigenvalue weighted by Gasteiger charge is 2.30. The standard InChI is InChI=1S/C21H21N4P/c1-13-11-21(2,8-7-18(13)26)19-15(4-3-9-23-19)14-5-6-17-16(10-14)20(22)25-12-24-17/h3-7,9-12H,8,26H2,1-2H3,(H2,22,24,25). The van der Waals surface area contributed by atoms with E-state index in [1.807, 2.05) is 18.3 Å². The van der Waals surface area contributed by atoms with E-state index in [-0.39, 0.29) is 5.41 Å². The summed E-state index contributed by atoms with van der Waals surface area (Å²) in [6.07, 6.45) is 8.87. The first-order valence-corrected chi connectivity index (χ1v) is 9.17. The van der Waals surface area contributed by atoms with E-state index in [0.29, 0.717) is 5.82 Å². The average molecular weight is 360 g/mol. The molecule has 0 spiro atoms. The van der Waals surface area contributed by atoms with Crippen LogP contribution in [0, 0.1) is 0 Å². The number of nitrogen functional groups attached to an aromatic ring is 1. The van der Waals surface area contributed by atoms with E-state index in [1.165, 1.54) is 17.2 Å². The van der Waals surface area contributed by atoms with Crippen LogP contribution >= 0.6 is 9.24 Å². The second-order valence-corrected chi connectivity index (χ2v) is 7.62. The number of rotatable bonds is 2. The summed E-state index contributed by atoms with van der Waals surface area (Å²) in [6.45, 7) is 4.39. The second-order valence-electron chi connectivity index (χ2n) is 7.00. The predicted molar refractivity (Wildman–Crippen MR) is 111 cm³/mol. The van der Waals surface area contributed by atoms with Gasteiger partial charge in [0.2, 0.25) is 0 Å². The fraction of sp³-hybridized carbons (Fsp3) is 0.190. The topological polar surface area (TPSA) is 64.7 Å². The molecule has 2 aromatic heterocycles. The van der Waals surface area contributed by atoms with Crippen molar-refractivity contribution in [1.29, 1.82) is 0 Å². The Morgan fingerprint density at radius 1 is 1.15 bits per heavy atom. The van der Waals surface area contributed by atoms with E-state index in [1.54, 1.807) is 0 Å². The fourth-order valence-electron chi connectivity index (χ4n) is 3.61. The van der Waals surface area contributed by atoms with Gasteiger partial charge in [-0.3, -0.25) is 4.98 Å². The largest absolute Gasteiger partial charge is 0.383 e. The molecule has 3 aromatic rings. The van der Waals surface area contributed by atoms with Crippen LogP contribution in [-0.2, 0) is 5.41 Å². The summed E-state index contributed by atoms with van der Waals surface area (Å²) >= 11 is 0. The lowest BCUT2D eigenvalue weighted by atomic mass is 9.76. The Labute approximate surface area is 155 Å². The molecule has 0 radical (unpaired) electrons. The monoisotopic (exact) mass is 360 g/mol. The Bertz CT molecular complexity index is 1070. The first kappa shape index (κ1) is 16.9. The molecule has 5 heteroatoms. The summed E-state index contributed by atoms with van der Waals surface area (Å²) in [7, 11) is 2.81. The minimum atomic E-state index is -0.144. The van der Waals surface area contributed by atoms with Gasteiger partial charge in [0.15, 0.2) is 0 Å². The highest BCUT2D eigenvalue weighted by molar-refractivity contribution is 7.23. The van der Waals surface area contributed by atoms with Crippen molar-refractivity contribution < 1.29 is 0 Å². The first-order valence-electron chi connectivity index (χ1n) is 8.59. The van der Waals surface area contributed by atoms with Crippen LogP contribution in [0.25, 0.3) is 22.0 Å². The van der Waals surface area contributed by atoms with Gasteiger partial charge in [-0.15, -0.1) is 9.24 Å². The Balaban J connectivity index is 1.89. The molecule has 130 valence electrons. The van der Waals surface area contributed by atoms with Crippen LogP contribution in [0.3, 0.4) is 0 Å². The molecule has 0 bridgehead atoms. The average Bonchev–Trinajstić information content (AvgIpc) is 2.65. The second kappa shape index (κ2) is 6.30. The normalized spacial score (nSPS) is 20.0. The number of hydrogen-bond donors (Lipinski definition) is 1. The number of pyridine rings is 1. The molecule has 1 aromatic carbocycles. The van der Waals surface area contributed by atoms with Crippen molar-refractivity contribution in [3.8, 4) is 11.1 Å². The van der Waals surface area contributed by atoms with Gasteiger partial charge < -0.3 is 5.73 Å². The number of aromatic nitrogens is 3. The predicted octanol–water partition coefficient (Wildman–Crippen LogP) is 4.64. The number of nitrogens with two attached hydrogens (primary N) is 1. The maximum absolute atomic E-state index is 6.06. The smallest absolute Gasteiger partial charge is 0.134 e. The third-order valence-electron chi connectivity index (χ3n) is 5.06. The van der Waals surface area contributed by atoms with Crippen molar-refractivity contribution in [1.82, 2.24) is 15.0 Å². The van der Waals surface area contributed by atoms with Crippen molar-refractivity contribution in [2.75, 3.05) is 5.73 Å². The van der Waals surface area contributed by atoms with Crippen molar-refractivity contribution in [3.63, 3.8) is 0 Å². The van der Waals surface area contributed by atoms with Crippen molar-refractivity contribution >= 4 is 26.0 Å². The van der Waals surface area contributed by atoms with Gasteiger partial charge in [-0.2, -0.15) is 0 Å². The molecule has 4 rings (SSSR count). The molecule has 4 nitrogen and oxygen atoms in total. The first-order chi connectivity index (χ1) is 12.5. The van der Waals surface area contributed by atoms with Crippen LogP contribution in [0.5, 0.6) is 0 Å². The van der Waals surface area contributed by atoms with E-state index in [2.05, 4.69) is 63.4 Å². The molecule has 2 atom stereocenters. The maximum Gasteiger partial charge on any atom is 0.134 e. The Morgan fingerprint density at radius 2 is 2.00 bits per heavy atom. The molecule has 26 heavy (non-hydrogen) atoms. The van der Waals surface area contributed by atoms with E-state index >= 15 is 0 Å². The molecular formula is C21H21N4P. The minimum absolute atomic E-state index is 0.144. The molecule has 1 aliphatic rings. The van der Waals surface area contributed by atoms with Crippen molar-refractivity contribution in [2.24, 2.45) is 0 Å². The SMILES string of the molecule is CC1=CC(C)(c2ncccc2-c2ccc3ncnc(N)c3c2)CC=C1P. The van der Waals surface area contributed by atoms with Crippen LogP contribution < -0.4 is 5.73 Å². The van der Waals surface area contributed by atoms with Crippen LogP contribution in [-0.4, -0.2) is 15.0 Å². The van der Waals surface area contributed by atoms with Crippen molar-refractivity contribution in [3.05, 3.63) is 71.6 Å². The van der Waals surface area contributed by atoms with Gasteiger partial charge in [-0.1, -0.05) is 31.2 Å². The molecule has 2 heterocycles. The minimum Gasteiger partial charge on any atom is -0.383 e. The Kier molecular flexibility index (Phi) is 4.08. The lowest BCUT2D eigenvalue weighted by Crippen LogP contribution is -2.23. The number of allylic oxidation sites excluding steroid dienone is 4. The molecule has 0 fully saturated rings. The van der Waals surface area contributed by atoms with Gasteiger partial charge in [0.25, 0.3) is 0 Å². The Morgan fingerprint density at radius 3 is 2.81 bits per heavy atom. The molecule has 2 unspecified atom stereocenters. The van der Waals surface area contributed by atoms with Gasteiger partial charge in [0.05, 0.1) is 11.2 Å². The maximum atomic E-state index is 6.06. The third kappa shape index (κ3) is 2.81. The molecular weight excluding hydrogens is 339 g/mol. The quantitative estimate of drug-likeness (QED) is 0.676. The van der Waals surface area contributed by atoms with Crippen molar-refractivity contribution in [2.45, 2.75) is 25.7 Å². The lowest BCUT2D eigenvalue weighted by Gasteiger charge is -2.31. The zero-order chi connectivity index (χ0) is 18.3. The third-order valence-corrected chi connectivity index (χ3v) is 5.75. The number of benzene rings is 1. The molecule has 0 amide bonds. The molecule has 0 saturated heterocycles. The lowest BCUT2D eigenvalue weighted by molar-refractivity contribution is 0.575. The number of nitrogens with zero attached hydrogens (tertiary/aromatic N) is 3. The highest BCUT2D eigenvalue weighted by Crippen LogP contribution is 2.41. The molecule has 2 N–H and O–H groups in total. The van der Waals surface area contributed by atoms with E-state index in [0.717, 1.165) is 34.1 Å². The summed E-state index contributed by atoms with van der Waals surface area (Å²) < 4.78 is 0. The van der Waals surface area contributed by atoms with Crippen LogP contribution in [0.4, 0.5) is 5.82 Å².